The molecule has 0 amide bonds. The Balaban J connectivity index is 0.00000220. The lowest BCUT2D eigenvalue weighted by molar-refractivity contribution is 0.0446. The largest absolute Gasteiger partial charge is 0.491 e. The summed E-state index contributed by atoms with van der Waals surface area (Å²) in [6, 6.07) is 21.4. The van der Waals surface area contributed by atoms with Crippen molar-refractivity contribution in [3.63, 3.8) is 0 Å². The van der Waals surface area contributed by atoms with Gasteiger partial charge in [0.05, 0.1) is 5.39 Å². The van der Waals surface area contributed by atoms with E-state index >= 15 is 0 Å². The Morgan fingerprint density at radius 1 is 0.875 bits per heavy atom. The standard InChI is InChI=1S/C31H34N2O5.2ClH/c1-22-14-23(2)16-27(15-22)38-30-21-37-29-17-26(8-9-28(29)31(30)35)36-20-25(34)19-33-12-10-32(11-13-33)18-24-6-4-3-5-7-24;;/h3-9,14-17,21,25,34H,10-13,18-20H2,1-2H3;2*1H. The van der Waals surface area contributed by atoms with Crippen molar-refractivity contribution in [2.75, 3.05) is 39.3 Å². The number of hydrogen-bond donors (Lipinski definition) is 1. The summed E-state index contributed by atoms with van der Waals surface area (Å²) >= 11 is 0. The Morgan fingerprint density at radius 3 is 2.25 bits per heavy atom. The number of ether oxygens (including phenoxy) is 2. The van der Waals surface area contributed by atoms with Crippen molar-refractivity contribution in [1.82, 2.24) is 9.80 Å². The Bertz CT molecular complexity index is 1420. The van der Waals surface area contributed by atoms with Gasteiger partial charge in [-0.3, -0.25) is 14.6 Å². The van der Waals surface area contributed by atoms with Crippen LogP contribution in [0.5, 0.6) is 17.2 Å². The minimum Gasteiger partial charge on any atom is -0.491 e. The second-order valence-electron chi connectivity index (χ2n) is 10.0. The summed E-state index contributed by atoms with van der Waals surface area (Å²) in [5.41, 5.74) is 3.59. The molecule has 4 aromatic rings. The van der Waals surface area contributed by atoms with Gasteiger partial charge in [-0.1, -0.05) is 36.4 Å². The topological polar surface area (TPSA) is 75.4 Å². The lowest BCUT2D eigenvalue weighted by atomic mass is 10.1. The van der Waals surface area contributed by atoms with Crippen LogP contribution in [0.25, 0.3) is 11.0 Å². The molecule has 2 heterocycles. The summed E-state index contributed by atoms with van der Waals surface area (Å²) < 4.78 is 17.3. The van der Waals surface area contributed by atoms with Gasteiger partial charge in [-0.15, -0.1) is 24.8 Å². The number of piperazine rings is 1. The molecule has 214 valence electrons. The number of fused-ring (bicyclic) bond motifs is 1. The Kier molecular flexibility index (Phi) is 11.4. The van der Waals surface area contributed by atoms with Crippen molar-refractivity contribution in [2.45, 2.75) is 26.5 Å². The zero-order chi connectivity index (χ0) is 26.5. The zero-order valence-electron chi connectivity index (χ0n) is 22.7. The van der Waals surface area contributed by atoms with Gasteiger partial charge < -0.3 is 19.0 Å². The lowest BCUT2D eigenvalue weighted by Gasteiger charge is -2.35. The van der Waals surface area contributed by atoms with Gasteiger partial charge >= 0.3 is 0 Å². The number of β-amino-alcohol motifs (C(OH)–C–C–N with tert-alkyl or cyclic N) is 1. The molecule has 0 saturated carbocycles. The van der Waals surface area contributed by atoms with Crippen LogP contribution in [0.1, 0.15) is 16.7 Å². The molecule has 3 aromatic carbocycles. The number of aliphatic hydroxyl groups excluding tert-OH is 1. The molecule has 1 aliphatic rings. The number of halogens is 2. The van der Waals surface area contributed by atoms with E-state index in [1.807, 2.05) is 38.1 Å². The van der Waals surface area contributed by atoms with E-state index in [9.17, 15) is 9.90 Å². The molecule has 7 nitrogen and oxygen atoms in total. The van der Waals surface area contributed by atoms with Gasteiger partial charge in [0.15, 0.2) is 0 Å². The van der Waals surface area contributed by atoms with Crippen molar-refractivity contribution >= 4 is 35.8 Å². The maximum atomic E-state index is 13.0. The normalized spacial score (nSPS) is 14.7. The van der Waals surface area contributed by atoms with Gasteiger partial charge in [0, 0.05) is 45.3 Å². The van der Waals surface area contributed by atoms with E-state index in [0.29, 0.717) is 29.0 Å². The van der Waals surface area contributed by atoms with Crippen LogP contribution >= 0.6 is 24.8 Å². The average molecular weight is 588 g/mol. The zero-order valence-corrected chi connectivity index (χ0v) is 24.4. The van der Waals surface area contributed by atoms with Crippen LogP contribution in [-0.2, 0) is 6.54 Å². The van der Waals surface area contributed by atoms with E-state index in [0.717, 1.165) is 43.9 Å². The minimum atomic E-state index is -0.619. The summed E-state index contributed by atoms with van der Waals surface area (Å²) in [6.07, 6.45) is 0.713. The SMILES string of the molecule is Cc1cc(C)cc(Oc2coc3cc(OCC(O)CN4CCN(Cc5ccccc5)CC4)ccc3c2=O)c1.Cl.Cl. The van der Waals surface area contributed by atoms with Crippen LogP contribution in [-0.4, -0.2) is 60.3 Å². The van der Waals surface area contributed by atoms with E-state index < -0.39 is 6.10 Å². The fraction of sp³-hybridized carbons (Fsp3) is 0.323. The maximum absolute atomic E-state index is 13.0. The number of aryl methyl sites for hydroxylation is 2. The first kappa shape index (κ1) is 31.5. The van der Waals surface area contributed by atoms with Crippen LogP contribution in [0.3, 0.4) is 0 Å². The van der Waals surface area contributed by atoms with Gasteiger partial charge in [0.25, 0.3) is 0 Å². The highest BCUT2D eigenvalue weighted by atomic mass is 35.5. The second-order valence-corrected chi connectivity index (χ2v) is 10.0. The number of benzene rings is 3. The highest BCUT2D eigenvalue weighted by Gasteiger charge is 2.20. The molecule has 1 aliphatic heterocycles. The van der Waals surface area contributed by atoms with Gasteiger partial charge in [-0.2, -0.15) is 0 Å². The molecule has 9 heteroatoms. The quantitative estimate of drug-likeness (QED) is 0.273. The molecule has 5 rings (SSSR count). The van der Waals surface area contributed by atoms with Crippen molar-refractivity contribution in [1.29, 1.82) is 0 Å². The van der Waals surface area contributed by atoms with Crippen molar-refractivity contribution in [3.8, 4) is 17.2 Å². The predicted molar refractivity (Wildman–Crippen MR) is 163 cm³/mol. The van der Waals surface area contributed by atoms with E-state index in [2.05, 4.69) is 34.1 Å². The van der Waals surface area contributed by atoms with Gasteiger partial charge in [0.2, 0.25) is 11.2 Å². The van der Waals surface area contributed by atoms with Crippen LogP contribution in [0.4, 0.5) is 0 Å². The van der Waals surface area contributed by atoms with Crippen LogP contribution < -0.4 is 14.9 Å². The molecular formula is C31H36Cl2N2O5. The van der Waals surface area contributed by atoms with Gasteiger partial charge in [0.1, 0.15) is 36.1 Å². The molecule has 40 heavy (non-hydrogen) atoms. The smallest absolute Gasteiger partial charge is 0.235 e. The first-order valence-corrected chi connectivity index (χ1v) is 13.0. The summed E-state index contributed by atoms with van der Waals surface area (Å²) in [5, 5.41) is 11.0. The lowest BCUT2D eigenvalue weighted by Crippen LogP contribution is -2.48. The van der Waals surface area contributed by atoms with Crippen LogP contribution in [0.2, 0.25) is 0 Å². The van der Waals surface area contributed by atoms with E-state index in [-0.39, 0.29) is 42.6 Å². The van der Waals surface area contributed by atoms with E-state index in [1.165, 1.54) is 11.8 Å². The van der Waals surface area contributed by atoms with Crippen molar-refractivity contribution < 1.29 is 19.0 Å². The fourth-order valence-corrected chi connectivity index (χ4v) is 4.88. The summed E-state index contributed by atoms with van der Waals surface area (Å²) in [6.45, 7) is 9.41. The first-order valence-electron chi connectivity index (χ1n) is 13.0. The Morgan fingerprint density at radius 2 is 1.55 bits per heavy atom. The molecule has 1 saturated heterocycles. The number of rotatable bonds is 9. The number of aliphatic hydroxyl groups is 1. The first-order chi connectivity index (χ1) is 18.4. The maximum Gasteiger partial charge on any atom is 0.235 e. The monoisotopic (exact) mass is 586 g/mol. The fourth-order valence-electron chi connectivity index (χ4n) is 4.88. The summed E-state index contributed by atoms with van der Waals surface area (Å²) in [7, 11) is 0. The highest BCUT2D eigenvalue weighted by Crippen LogP contribution is 2.25. The van der Waals surface area contributed by atoms with E-state index in [4.69, 9.17) is 13.9 Å². The van der Waals surface area contributed by atoms with Crippen LogP contribution in [0, 0.1) is 13.8 Å². The molecule has 1 N–H and O–H groups in total. The van der Waals surface area contributed by atoms with Gasteiger partial charge in [-0.25, -0.2) is 0 Å². The molecular weight excluding hydrogens is 551 g/mol. The third-order valence-electron chi connectivity index (χ3n) is 6.76. The highest BCUT2D eigenvalue weighted by molar-refractivity contribution is 5.85. The Labute approximate surface area is 247 Å². The average Bonchev–Trinajstić information content (AvgIpc) is 2.90. The third kappa shape index (κ3) is 8.22. The summed E-state index contributed by atoms with van der Waals surface area (Å²) in [4.78, 5) is 17.7. The summed E-state index contributed by atoms with van der Waals surface area (Å²) in [5.74, 6) is 1.27. The van der Waals surface area contributed by atoms with Crippen LogP contribution in [0.15, 0.2) is 82.2 Å². The number of hydrogen-bond acceptors (Lipinski definition) is 7. The van der Waals surface area contributed by atoms with Crippen molar-refractivity contribution in [3.05, 3.63) is 99.9 Å². The molecule has 0 spiro atoms. The second kappa shape index (κ2) is 14.5. The molecule has 0 bridgehead atoms. The molecule has 1 unspecified atom stereocenters. The van der Waals surface area contributed by atoms with Crippen molar-refractivity contribution in [2.24, 2.45) is 0 Å². The Hall–Kier alpha value is -3.07. The molecule has 1 atom stereocenters. The number of nitrogens with zero attached hydrogens (tertiary/aromatic N) is 2. The molecule has 1 aromatic heterocycles. The minimum absolute atomic E-state index is 0. The predicted octanol–water partition coefficient (Wildman–Crippen LogP) is 5.60. The molecule has 0 radical (unpaired) electrons. The van der Waals surface area contributed by atoms with Gasteiger partial charge in [-0.05, 0) is 54.8 Å². The third-order valence-corrected chi connectivity index (χ3v) is 6.76. The van der Waals surface area contributed by atoms with E-state index in [1.54, 1.807) is 18.2 Å². The molecule has 0 aliphatic carbocycles. The molecule has 1 fully saturated rings.